The van der Waals surface area contributed by atoms with Crippen molar-refractivity contribution in [3.63, 3.8) is 0 Å². The minimum Gasteiger partial charge on any atom is -0.348 e. The van der Waals surface area contributed by atoms with Crippen molar-refractivity contribution >= 4 is 27.5 Å². The topological polar surface area (TPSA) is 45.2 Å². The summed E-state index contributed by atoms with van der Waals surface area (Å²) in [5, 5.41) is 4.28. The summed E-state index contributed by atoms with van der Waals surface area (Å²) >= 11 is 1.64. The van der Waals surface area contributed by atoms with Crippen LogP contribution in [0.5, 0.6) is 0 Å². The third-order valence-electron chi connectivity index (χ3n) is 4.73. The second-order valence-corrected chi connectivity index (χ2v) is 7.37. The monoisotopic (exact) mass is 301 g/mol. The molecule has 3 aliphatic rings. The number of hydrogen-bond donors (Lipinski definition) is 1. The average Bonchev–Trinajstić information content (AvgIpc) is 2.87. The molecule has 0 radical (unpaired) electrons. The predicted molar refractivity (Wildman–Crippen MR) is 84.8 cm³/mol. The van der Waals surface area contributed by atoms with Crippen LogP contribution in [0.25, 0.3) is 10.2 Å². The van der Waals surface area contributed by atoms with Crippen LogP contribution in [0.4, 0.5) is 0 Å². The van der Waals surface area contributed by atoms with Gasteiger partial charge in [0.1, 0.15) is 0 Å². The van der Waals surface area contributed by atoms with Crippen molar-refractivity contribution < 1.29 is 4.79 Å². The lowest BCUT2D eigenvalue weighted by Crippen LogP contribution is -2.57. The molecule has 2 bridgehead atoms. The normalized spacial score (nSPS) is 28.0. The van der Waals surface area contributed by atoms with Gasteiger partial charge in [-0.25, -0.2) is 4.98 Å². The molecule has 3 saturated heterocycles. The lowest BCUT2D eigenvalue weighted by Gasteiger charge is -2.44. The predicted octanol–water partition coefficient (Wildman–Crippen LogP) is 2.43. The van der Waals surface area contributed by atoms with E-state index in [1.165, 1.54) is 25.9 Å². The van der Waals surface area contributed by atoms with E-state index in [-0.39, 0.29) is 5.91 Å². The van der Waals surface area contributed by atoms with Gasteiger partial charge in [0.2, 0.25) is 0 Å². The second kappa shape index (κ2) is 5.07. The number of carbonyl (C=O) groups is 1. The second-order valence-electron chi connectivity index (χ2n) is 6.13. The molecule has 1 atom stereocenters. The van der Waals surface area contributed by atoms with Gasteiger partial charge in [0.25, 0.3) is 5.91 Å². The van der Waals surface area contributed by atoms with Crippen LogP contribution in [0.1, 0.15) is 28.2 Å². The molecule has 1 amide bonds. The highest BCUT2D eigenvalue weighted by molar-refractivity contribution is 7.18. The molecule has 4 nitrogen and oxygen atoms in total. The van der Waals surface area contributed by atoms with E-state index in [2.05, 4.69) is 15.2 Å². The van der Waals surface area contributed by atoms with E-state index in [0.29, 0.717) is 12.0 Å². The van der Waals surface area contributed by atoms with E-state index >= 15 is 0 Å². The van der Waals surface area contributed by atoms with E-state index in [1.807, 2.05) is 25.1 Å². The fourth-order valence-corrected chi connectivity index (χ4v) is 4.43. The Balaban J connectivity index is 1.53. The number of benzene rings is 1. The summed E-state index contributed by atoms with van der Waals surface area (Å²) in [5.74, 6) is 0.718. The van der Waals surface area contributed by atoms with Crippen molar-refractivity contribution in [2.24, 2.45) is 5.92 Å². The lowest BCUT2D eigenvalue weighted by molar-refractivity contribution is 0.0620. The first kappa shape index (κ1) is 13.2. The molecule has 3 aliphatic heterocycles. The number of thiazole rings is 1. The van der Waals surface area contributed by atoms with Crippen molar-refractivity contribution in [1.29, 1.82) is 0 Å². The number of piperidine rings is 3. The lowest BCUT2D eigenvalue weighted by atomic mass is 9.84. The van der Waals surface area contributed by atoms with Gasteiger partial charge in [0.05, 0.1) is 15.2 Å². The number of nitrogens with zero attached hydrogens (tertiary/aromatic N) is 2. The number of rotatable bonds is 2. The van der Waals surface area contributed by atoms with E-state index in [4.69, 9.17) is 0 Å². The van der Waals surface area contributed by atoms with E-state index in [9.17, 15) is 4.79 Å². The Morgan fingerprint density at radius 3 is 2.90 bits per heavy atom. The van der Waals surface area contributed by atoms with Crippen LogP contribution in [0.15, 0.2) is 18.2 Å². The summed E-state index contributed by atoms with van der Waals surface area (Å²) in [7, 11) is 0. The average molecular weight is 301 g/mol. The molecular formula is C16H19N3OS. The van der Waals surface area contributed by atoms with Crippen LogP contribution < -0.4 is 5.32 Å². The third kappa shape index (κ3) is 2.45. The zero-order valence-corrected chi connectivity index (χ0v) is 12.9. The van der Waals surface area contributed by atoms with Crippen molar-refractivity contribution in [2.45, 2.75) is 25.8 Å². The van der Waals surface area contributed by atoms with Gasteiger partial charge < -0.3 is 10.2 Å². The molecule has 21 heavy (non-hydrogen) atoms. The van der Waals surface area contributed by atoms with Crippen molar-refractivity contribution in [2.75, 3.05) is 19.6 Å². The van der Waals surface area contributed by atoms with Gasteiger partial charge >= 0.3 is 0 Å². The Bertz CT molecular complexity index is 688. The quantitative estimate of drug-likeness (QED) is 0.926. The molecule has 5 heteroatoms. The number of fused-ring (bicyclic) bond motifs is 4. The molecule has 0 aliphatic carbocycles. The summed E-state index contributed by atoms with van der Waals surface area (Å²) in [4.78, 5) is 19.4. The maximum absolute atomic E-state index is 12.5. The van der Waals surface area contributed by atoms with Crippen molar-refractivity contribution in [3.8, 4) is 0 Å². The molecule has 0 spiro atoms. The van der Waals surface area contributed by atoms with Crippen LogP contribution in [0.3, 0.4) is 0 Å². The number of aryl methyl sites for hydroxylation is 1. The molecule has 110 valence electrons. The molecule has 1 aromatic carbocycles. The van der Waals surface area contributed by atoms with Crippen LogP contribution >= 0.6 is 11.3 Å². The van der Waals surface area contributed by atoms with Crippen molar-refractivity contribution in [1.82, 2.24) is 15.2 Å². The summed E-state index contributed by atoms with van der Waals surface area (Å²) in [5.41, 5.74) is 1.74. The standard InChI is InChI=1S/C16H19N3OS/c1-10-17-13-3-2-12(8-15(13)21-10)16(20)18-14-9-19-6-4-11(14)5-7-19/h2-3,8,11,14H,4-7,9H2,1H3,(H,18,20)/t14-/m0/s1. The minimum atomic E-state index is 0.0571. The Morgan fingerprint density at radius 1 is 1.38 bits per heavy atom. The maximum Gasteiger partial charge on any atom is 0.251 e. The zero-order chi connectivity index (χ0) is 14.4. The van der Waals surface area contributed by atoms with E-state index < -0.39 is 0 Å². The minimum absolute atomic E-state index is 0.0571. The fraction of sp³-hybridized carbons (Fsp3) is 0.500. The zero-order valence-electron chi connectivity index (χ0n) is 12.1. The first-order valence-corrected chi connectivity index (χ1v) is 8.41. The van der Waals surface area contributed by atoms with Crippen molar-refractivity contribution in [3.05, 3.63) is 28.8 Å². The Hall–Kier alpha value is -1.46. The first-order valence-electron chi connectivity index (χ1n) is 7.59. The van der Waals surface area contributed by atoms with Crippen LogP contribution in [-0.2, 0) is 0 Å². The largest absolute Gasteiger partial charge is 0.348 e. The fourth-order valence-electron chi connectivity index (χ4n) is 3.56. The molecule has 1 aromatic heterocycles. The van der Waals surface area contributed by atoms with Crippen LogP contribution in [0, 0.1) is 12.8 Å². The number of carbonyl (C=O) groups excluding carboxylic acids is 1. The molecule has 5 rings (SSSR count). The number of hydrogen-bond acceptors (Lipinski definition) is 4. The molecule has 4 heterocycles. The molecule has 1 N–H and O–H groups in total. The van der Waals surface area contributed by atoms with E-state index in [0.717, 1.165) is 27.3 Å². The summed E-state index contributed by atoms with van der Waals surface area (Å²) in [6.07, 6.45) is 2.44. The highest BCUT2D eigenvalue weighted by Gasteiger charge is 2.34. The summed E-state index contributed by atoms with van der Waals surface area (Å²) < 4.78 is 1.09. The molecule has 3 fully saturated rings. The van der Waals surface area contributed by atoms with Gasteiger partial charge in [-0.2, -0.15) is 0 Å². The maximum atomic E-state index is 12.5. The number of nitrogens with one attached hydrogen (secondary N) is 1. The van der Waals surface area contributed by atoms with Crippen LogP contribution in [-0.4, -0.2) is 41.5 Å². The number of amides is 1. The van der Waals surface area contributed by atoms with Gasteiger partial charge in [-0.3, -0.25) is 4.79 Å². The molecule has 0 saturated carbocycles. The van der Waals surface area contributed by atoms with Gasteiger partial charge in [0, 0.05) is 18.2 Å². The molecular weight excluding hydrogens is 282 g/mol. The van der Waals surface area contributed by atoms with Gasteiger partial charge in [0.15, 0.2) is 0 Å². The number of aromatic nitrogens is 1. The summed E-state index contributed by atoms with van der Waals surface area (Å²) in [6.45, 7) is 5.40. The third-order valence-corrected chi connectivity index (χ3v) is 5.66. The Kier molecular flexibility index (Phi) is 3.19. The summed E-state index contributed by atoms with van der Waals surface area (Å²) in [6, 6.07) is 6.12. The van der Waals surface area contributed by atoms with E-state index in [1.54, 1.807) is 11.3 Å². The van der Waals surface area contributed by atoms with Crippen LogP contribution in [0.2, 0.25) is 0 Å². The highest BCUT2D eigenvalue weighted by Crippen LogP contribution is 2.28. The Labute approximate surface area is 128 Å². The van der Waals surface area contributed by atoms with Gasteiger partial charge in [-0.15, -0.1) is 11.3 Å². The SMILES string of the molecule is Cc1nc2ccc(C(=O)N[C@H]3CN4CCC3CC4)cc2s1. The first-order chi connectivity index (χ1) is 10.2. The molecule has 0 unspecified atom stereocenters. The molecule has 2 aromatic rings. The van der Waals surface area contributed by atoms with Gasteiger partial charge in [-0.1, -0.05) is 0 Å². The van der Waals surface area contributed by atoms with Gasteiger partial charge in [-0.05, 0) is 57.0 Å². The Morgan fingerprint density at radius 2 is 2.19 bits per heavy atom. The highest BCUT2D eigenvalue weighted by atomic mass is 32.1. The smallest absolute Gasteiger partial charge is 0.251 e.